The number of hydrogen-bond acceptors (Lipinski definition) is 8. The van der Waals surface area contributed by atoms with E-state index in [1.165, 1.54) is 21.5 Å². The number of benzene rings is 4. The number of aromatic nitrogens is 5. The number of aryl methyl sites for hydroxylation is 2. The molecule has 252 valence electrons. The van der Waals surface area contributed by atoms with Gasteiger partial charge >= 0.3 is 0 Å². The molecule has 3 heterocycles. The van der Waals surface area contributed by atoms with Gasteiger partial charge in [-0.05, 0) is 132 Å². The second-order valence-electron chi connectivity index (χ2n) is 12.6. The molecule has 1 aliphatic rings. The van der Waals surface area contributed by atoms with E-state index in [1.807, 2.05) is 74.5 Å². The summed E-state index contributed by atoms with van der Waals surface area (Å²) < 4.78 is 11.0. The van der Waals surface area contributed by atoms with E-state index in [1.54, 1.807) is 26.6 Å². The van der Waals surface area contributed by atoms with Gasteiger partial charge in [-0.2, -0.15) is 0 Å². The van der Waals surface area contributed by atoms with Crippen molar-refractivity contribution in [2.45, 2.75) is 33.2 Å². The number of tetrazole rings is 1. The van der Waals surface area contributed by atoms with Crippen molar-refractivity contribution in [3.8, 4) is 39.7 Å². The topological polar surface area (TPSA) is 107 Å². The molecule has 10 heteroatoms. The Morgan fingerprint density at radius 2 is 1.50 bits per heavy atom. The molecule has 1 amide bonds. The molecule has 7 rings (SSSR count). The minimum Gasteiger partial charge on any atom is -0.493 e. The van der Waals surface area contributed by atoms with Gasteiger partial charge in [0.1, 0.15) is 0 Å². The Morgan fingerprint density at radius 3 is 2.22 bits per heavy atom. The summed E-state index contributed by atoms with van der Waals surface area (Å²) >= 11 is 0. The molecule has 2 aromatic heterocycles. The smallest absolute Gasteiger partial charge is 0.255 e. The number of nitrogens with one attached hydrogen (secondary N) is 1. The number of carbonyl (C=O) groups is 1. The highest BCUT2D eigenvalue weighted by molar-refractivity contribution is 6.06. The fourth-order valence-electron chi connectivity index (χ4n) is 6.30. The highest BCUT2D eigenvalue weighted by Gasteiger charge is 2.20. The lowest BCUT2D eigenvalue weighted by Crippen LogP contribution is -2.32. The Morgan fingerprint density at radius 1 is 0.820 bits per heavy atom. The van der Waals surface area contributed by atoms with Crippen molar-refractivity contribution in [2.75, 3.05) is 32.6 Å². The molecular weight excluding hydrogens is 626 g/mol. The molecule has 0 atom stereocenters. The van der Waals surface area contributed by atoms with Crippen molar-refractivity contribution >= 4 is 11.6 Å². The van der Waals surface area contributed by atoms with Crippen molar-refractivity contribution in [3.05, 3.63) is 131 Å². The largest absolute Gasteiger partial charge is 0.493 e. The highest BCUT2D eigenvalue weighted by atomic mass is 16.5. The molecule has 0 radical (unpaired) electrons. The number of ether oxygens (including phenoxy) is 2. The lowest BCUT2D eigenvalue weighted by Gasteiger charge is -2.29. The van der Waals surface area contributed by atoms with E-state index in [4.69, 9.17) is 14.6 Å². The molecule has 6 aromatic rings. The van der Waals surface area contributed by atoms with Gasteiger partial charge < -0.3 is 14.8 Å². The molecule has 1 N–H and O–H groups in total. The van der Waals surface area contributed by atoms with Gasteiger partial charge in [0, 0.05) is 43.2 Å². The third kappa shape index (κ3) is 6.97. The first kappa shape index (κ1) is 32.7. The van der Waals surface area contributed by atoms with Gasteiger partial charge in [-0.1, -0.05) is 24.3 Å². The van der Waals surface area contributed by atoms with Crippen LogP contribution >= 0.6 is 0 Å². The second kappa shape index (κ2) is 14.3. The molecule has 0 aliphatic carbocycles. The number of amides is 1. The zero-order valence-electron chi connectivity index (χ0n) is 28.7. The lowest BCUT2D eigenvalue weighted by atomic mass is 9.98. The minimum absolute atomic E-state index is 0.215. The zero-order chi connectivity index (χ0) is 34.6. The van der Waals surface area contributed by atoms with Crippen LogP contribution in [-0.4, -0.2) is 63.3 Å². The lowest BCUT2D eigenvalue weighted by molar-refractivity contribution is 0.102. The van der Waals surface area contributed by atoms with Crippen molar-refractivity contribution in [1.29, 1.82) is 0 Å². The standard InChI is InChI=1S/C40H39N7O3/c1-26-21-35(36(22-27(26)2)42-40(48)31-9-7-29(8-10-31)30-13-17-41-18-14-30)39-43-45-47(44-39)34-11-5-28(6-12-34)15-19-46-20-16-32-23-37(49-3)38(50-4)24-33(32)25-46/h5-14,17-18,21-24H,15-16,19-20,25H2,1-4H3,(H,42,48). The van der Waals surface area contributed by atoms with Crippen LogP contribution in [0.2, 0.25) is 0 Å². The average Bonchev–Trinajstić information content (AvgIpc) is 3.65. The van der Waals surface area contributed by atoms with Gasteiger partial charge in [-0.25, -0.2) is 0 Å². The number of rotatable bonds is 10. The fraction of sp³-hybridized carbons (Fsp3) is 0.225. The van der Waals surface area contributed by atoms with E-state index in [0.29, 0.717) is 22.6 Å². The summed E-state index contributed by atoms with van der Waals surface area (Å²) in [6.07, 6.45) is 5.42. The predicted octanol–water partition coefficient (Wildman–Crippen LogP) is 6.88. The van der Waals surface area contributed by atoms with Gasteiger partial charge in [0.05, 0.1) is 25.6 Å². The molecular formula is C40H39N7O3. The summed E-state index contributed by atoms with van der Waals surface area (Å²) in [5, 5.41) is 16.5. The number of nitrogens with zero attached hydrogens (tertiary/aromatic N) is 6. The zero-order valence-corrected chi connectivity index (χ0v) is 28.7. The maximum atomic E-state index is 13.4. The van der Waals surface area contributed by atoms with Crippen LogP contribution in [0, 0.1) is 13.8 Å². The Bertz CT molecular complexity index is 2130. The van der Waals surface area contributed by atoms with Crippen LogP contribution in [-0.2, 0) is 19.4 Å². The van der Waals surface area contributed by atoms with Crippen LogP contribution in [0.15, 0.2) is 97.3 Å². The molecule has 0 bridgehead atoms. The minimum atomic E-state index is -0.215. The number of pyridine rings is 1. The number of carbonyl (C=O) groups excluding carboxylic acids is 1. The van der Waals surface area contributed by atoms with Crippen molar-refractivity contribution in [2.24, 2.45) is 0 Å². The van der Waals surface area contributed by atoms with E-state index in [9.17, 15) is 4.79 Å². The van der Waals surface area contributed by atoms with Gasteiger partial charge in [-0.15, -0.1) is 15.0 Å². The van der Waals surface area contributed by atoms with Crippen molar-refractivity contribution < 1.29 is 14.3 Å². The van der Waals surface area contributed by atoms with Crippen molar-refractivity contribution in [1.82, 2.24) is 30.1 Å². The average molecular weight is 666 g/mol. The molecule has 0 saturated heterocycles. The van der Waals surface area contributed by atoms with Crippen LogP contribution in [0.4, 0.5) is 5.69 Å². The van der Waals surface area contributed by atoms with E-state index >= 15 is 0 Å². The Hall–Kier alpha value is -5.87. The Labute approximate surface area is 291 Å². The summed E-state index contributed by atoms with van der Waals surface area (Å²) in [5.74, 6) is 1.78. The van der Waals surface area contributed by atoms with Gasteiger partial charge in [-0.3, -0.25) is 14.7 Å². The molecule has 0 saturated carbocycles. The molecule has 1 aliphatic heterocycles. The molecule has 10 nitrogen and oxygen atoms in total. The van der Waals surface area contributed by atoms with Crippen LogP contribution in [0.1, 0.15) is 38.2 Å². The quantitative estimate of drug-likeness (QED) is 0.169. The van der Waals surface area contributed by atoms with Crippen LogP contribution in [0.25, 0.3) is 28.2 Å². The molecule has 0 fully saturated rings. The first-order valence-electron chi connectivity index (χ1n) is 16.7. The molecule has 50 heavy (non-hydrogen) atoms. The summed E-state index contributed by atoms with van der Waals surface area (Å²) in [4.78, 5) is 21.4. The first-order valence-corrected chi connectivity index (χ1v) is 16.7. The summed E-state index contributed by atoms with van der Waals surface area (Å²) in [7, 11) is 3.36. The predicted molar refractivity (Wildman–Crippen MR) is 194 cm³/mol. The summed E-state index contributed by atoms with van der Waals surface area (Å²) in [5.41, 5.74) is 10.7. The Balaban J connectivity index is 1.02. The maximum absolute atomic E-state index is 13.4. The van der Waals surface area contributed by atoms with E-state index in [0.717, 1.165) is 71.9 Å². The monoisotopic (exact) mass is 665 g/mol. The van der Waals surface area contributed by atoms with Gasteiger partial charge in [0.15, 0.2) is 11.5 Å². The van der Waals surface area contributed by atoms with Crippen LogP contribution in [0.3, 0.4) is 0 Å². The third-order valence-corrected chi connectivity index (χ3v) is 9.38. The summed E-state index contributed by atoms with van der Waals surface area (Å²) in [6.45, 7) is 6.89. The fourth-order valence-corrected chi connectivity index (χ4v) is 6.30. The highest BCUT2D eigenvalue weighted by Crippen LogP contribution is 2.33. The molecule has 4 aromatic carbocycles. The maximum Gasteiger partial charge on any atom is 0.255 e. The van der Waals surface area contributed by atoms with Crippen molar-refractivity contribution in [3.63, 3.8) is 0 Å². The second-order valence-corrected chi connectivity index (χ2v) is 12.6. The SMILES string of the molecule is COc1cc2c(cc1OC)CN(CCc1ccc(-n3nnc(-c4cc(C)c(C)cc4NC(=O)c4ccc(-c5ccncc5)cc4)n3)cc1)CC2. The summed E-state index contributed by atoms with van der Waals surface area (Å²) in [6, 6.07) is 27.8. The molecule has 0 spiro atoms. The number of fused-ring (bicyclic) bond motifs is 1. The first-order chi connectivity index (χ1) is 24.4. The Kier molecular flexibility index (Phi) is 9.35. The number of methoxy groups -OCH3 is 2. The number of anilines is 1. The third-order valence-electron chi connectivity index (χ3n) is 9.38. The van der Waals surface area contributed by atoms with E-state index < -0.39 is 0 Å². The van der Waals surface area contributed by atoms with E-state index in [2.05, 4.69) is 49.8 Å². The number of hydrogen-bond donors (Lipinski definition) is 1. The van der Waals surface area contributed by atoms with Crippen LogP contribution < -0.4 is 14.8 Å². The normalized spacial score (nSPS) is 12.7. The van der Waals surface area contributed by atoms with E-state index in [-0.39, 0.29) is 5.91 Å². The van der Waals surface area contributed by atoms with Crippen LogP contribution in [0.5, 0.6) is 11.5 Å². The molecule has 0 unspecified atom stereocenters. The van der Waals surface area contributed by atoms with Gasteiger partial charge in [0.25, 0.3) is 5.91 Å². The van der Waals surface area contributed by atoms with Gasteiger partial charge in [0.2, 0.25) is 5.82 Å².